The molecule has 2 bridgehead atoms. The fourth-order valence-electron chi connectivity index (χ4n) is 3.45. The highest BCUT2D eigenvalue weighted by Gasteiger charge is 2.68. The summed E-state index contributed by atoms with van der Waals surface area (Å²) < 4.78 is 0. The Morgan fingerprint density at radius 2 is 1.92 bits per heavy atom. The minimum Gasteiger partial charge on any atom is -0.392 e. The van der Waals surface area contributed by atoms with Crippen LogP contribution in [0.4, 0.5) is 0 Å². The molecule has 72 valence electrons. The van der Waals surface area contributed by atoms with Crippen molar-refractivity contribution in [2.75, 3.05) is 0 Å². The third-order valence-corrected chi connectivity index (χ3v) is 5.25. The molecule has 1 nitrogen and oxygen atoms in total. The van der Waals surface area contributed by atoms with E-state index in [1.54, 1.807) is 0 Å². The number of hydrogen-bond acceptors (Lipinski definition) is 1. The lowest BCUT2D eigenvalue weighted by atomic mass is 9.65. The van der Waals surface area contributed by atoms with E-state index in [1.165, 1.54) is 0 Å². The summed E-state index contributed by atoms with van der Waals surface area (Å²) in [6, 6.07) is 0. The monoisotopic (exact) mass is 178 g/mol. The first-order valence-corrected chi connectivity index (χ1v) is 5.05. The van der Waals surface area contributed by atoms with E-state index in [2.05, 4.69) is 26.7 Å². The highest BCUT2D eigenvalue weighted by Crippen LogP contribution is 2.71. The molecule has 2 aliphatic rings. The van der Waals surface area contributed by atoms with E-state index in [1.807, 2.05) is 0 Å². The summed E-state index contributed by atoms with van der Waals surface area (Å²) in [5.74, 6) is 2.95. The standard InChI is InChI=1S/C12H18O/c1-5-12-7-6-11(4,9(13)8-12)10(12,2)3/h1,9,13H,6-8H2,2-4H3. The maximum absolute atomic E-state index is 10.0. The summed E-state index contributed by atoms with van der Waals surface area (Å²) in [5, 5.41) is 10.0. The van der Waals surface area contributed by atoms with Crippen LogP contribution in [-0.2, 0) is 0 Å². The van der Waals surface area contributed by atoms with E-state index >= 15 is 0 Å². The molecule has 0 radical (unpaired) electrons. The molecule has 0 aliphatic heterocycles. The molecule has 0 aromatic rings. The number of fused-ring (bicyclic) bond motifs is 2. The van der Waals surface area contributed by atoms with E-state index in [-0.39, 0.29) is 22.3 Å². The fraction of sp³-hybridized carbons (Fsp3) is 0.833. The Morgan fingerprint density at radius 1 is 1.31 bits per heavy atom. The summed E-state index contributed by atoms with van der Waals surface area (Å²) >= 11 is 0. The first-order chi connectivity index (χ1) is 5.90. The van der Waals surface area contributed by atoms with Crippen LogP contribution in [0.15, 0.2) is 0 Å². The van der Waals surface area contributed by atoms with Gasteiger partial charge in [-0.25, -0.2) is 0 Å². The van der Waals surface area contributed by atoms with Crippen LogP contribution in [0, 0.1) is 28.6 Å². The van der Waals surface area contributed by atoms with Gasteiger partial charge in [0.2, 0.25) is 0 Å². The zero-order valence-electron chi connectivity index (χ0n) is 8.72. The van der Waals surface area contributed by atoms with Gasteiger partial charge < -0.3 is 5.11 Å². The van der Waals surface area contributed by atoms with Crippen molar-refractivity contribution in [2.24, 2.45) is 16.2 Å². The van der Waals surface area contributed by atoms with Crippen LogP contribution in [-0.4, -0.2) is 11.2 Å². The molecule has 0 aromatic carbocycles. The third-order valence-electron chi connectivity index (χ3n) is 5.25. The van der Waals surface area contributed by atoms with Crippen LogP contribution >= 0.6 is 0 Å². The van der Waals surface area contributed by atoms with E-state index < -0.39 is 0 Å². The Morgan fingerprint density at radius 3 is 2.15 bits per heavy atom. The van der Waals surface area contributed by atoms with Gasteiger partial charge in [0.05, 0.1) is 6.10 Å². The Hall–Kier alpha value is -0.480. The van der Waals surface area contributed by atoms with Crippen LogP contribution in [0.5, 0.6) is 0 Å². The summed E-state index contributed by atoms with van der Waals surface area (Å²) in [6.45, 7) is 6.62. The van der Waals surface area contributed by atoms with Gasteiger partial charge >= 0.3 is 0 Å². The molecule has 1 N–H and O–H groups in total. The molecular weight excluding hydrogens is 160 g/mol. The quantitative estimate of drug-likeness (QED) is 0.564. The minimum absolute atomic E-state index is 0.0405. The SMILES string of the molecule is C#CC12CCC(C)(C(O)C1)C2(C)C. The lowest BCUT2D eigenvalue weighted by molar-refractivity contribution is 0.0121. The second kappa shape index (κ2) is 2.12. The van der Waals surface area contributed by atoms with Gasteiger partial charge in [0.1, 0.15) is 0 Å². The second-order valence-corrected chi connectivity index (χ2v) is 5.49. The normalized spacial score (nSPS) is 52.1. The molecule has 13 heavy (non-hydrogen) atoms. The van der Waals surface area contributed by atoms with Crippen molar-refractivity contribution in [3.63, 3.8) is 0 Å². The summed E-state index contributed by atoms with van der Waals surface area (Å²) in [7, 11) is 0. The van der Waals surface area contributed by atoms with E-state index in [4.69, 9.17) is 6.42 Å². The molecule has 2 rings (SSSR count). The van der Waals surface area contributed by atoms with Gasteiger partial charge in [0, 0.05) is 10.8 Å². The molecule has 0 saturated heterocycles. The second-order valence-electron chi connectivity index (χ2n) is 5.49. The molecule has 0 spiro atoms. The summed E-state index contributed by atoms with van der Waals surface area (Å²) in [4.78, 5) is 0. The smallest absolute Gasteiger partial charge is 0.0614 e. The Balaban J connectivity index is 2.54. The molecule has 2 aliphatic carbocycles. The lowest BCUT2D eigenvalue weighted by Crippen LogP contribution is -2.36. The van der Waals surface area contributed by atoms with Crippen molar-refractivity contribution in [3.8, 4) is 12.3 Å². The average Bonchev–Trinajstić information content (AvgIpc) is 2.34. The van der Waals surface area contributed by atoms with Gasteiger partial charge in [-0.05, 0) is 24.7 Å². The third kappa shape index (κ3) is 0.704. The largest absolute Gasteiger partial charge is 0.392 e. The van der Waals surface area contributed by atoms with E-state index in [0.29, 0.717) is 0 Å². The van der Waals surface area contributed by atoms with Gasteiger partial charge in [-0.2, -0.15) is 0 Å². The highest BCUT2D eigenvalue weighted by molar-refractivity contribution is 5.27. The molecular formula is C12H18O. The molecule has 3 atom stereocenters. The van der Waals surface area contributed by atoms with Crippen LogP contribution in [0.25, 0.3) is 0 Å². The van der Waals surface area contributed by atoms with Gasteiger partial charge in [-0.15, -0.1) is 6.42 Å². The Kier molecular flexibility index (Phi) is 1.48. The average molecular weight is 178 g/mol. The molecule has 1 heteroatoms. The van der Waals surface area contributed by atoms with Crippen molar-refractivity contribution in [3.05, 3.63) is 0 Å². The molecule has 0 heterocycles. The molecule has 2 saturated carbocycles. The van der Waals surface area contributed by atoms with Crippen LogP contribution in [0.3, 0.4) is 0 Å². The molecule has 2 fully saturated rings. The van der Waals surface area contributed by atoms with Gasteiger partial charge in [0.15, 0.2) is 0 Å². The van der Waals surface area contributed by atoms with Crippen molar-refractivity contribution in [1.82, 2.24) is 0 Å². The number of hydrogen-bond donors (Lipinski definition) is 1. The zero-order valence-corrected chi connectivity index (χ0v) is 8.72. The van der Waals surface area contributed by atoms with Crippen molar-refractivity contribution in [1.29, 1.82) is 0 Å². The Bertz CT molecular complexity index is 286. The number of aliphatic hydroxyl groups excluding tert-OH is 1. The highest BCUT2D eigenvalue weighted by atomic mass is 16.3. The van der Waals surface area contributed by atoms with E-state index in [9.17, 15) is 5.11 Å². The van der Waals surface area contributed by atoms with Crippen LogP contribution in [0.2, 0.25) is 0 Å². The molecule has 0 amide bonds. The first kappa shape index (κ1) is 9.09. The first-order valence-electron chi connectivity index (χ1n) is 5.05. The number of aliphatic hydroxyl groups is 1. The van der Waals surface area contributed by atoms with Gasteiger partial charge in [-0.1, -0.05) is 26.7 Å². The molecule has 0 aromatic heterocycles. The van der Waals surface area contributed by atoms with Crippen molar-refractivity contribution in [2.45, 2.75) is 46.1 Å². The van der Waals surface area contributed by atoms with Crippen LogP contribution < -0.4 is 0 Å². The minimum atomic E-state index is -0.202. The lowest BCUT2D eigenvalue weighted by Gasteiger charge is -2.38. The van der Waals surface area contributed by atoms with Gasteiger partial charge in [-0.3, -0.25) is 0 Å². The number of rotatable bonds is 0. The summed E-state index contributed by atoms with van der Waals surface area (Å²) in [5.41, 5.74) is 0.0920. The topological polar surface area (TPSA) is 20.2 Å². The fourth-order valence-corrected chi connectivity index (χ4v) is 3.45. The zero-order chi connectivity index (χ0) is 9.91. The van der Waals surface area contributed by atoms with Crippen molar-refractivity contribution >= 4 is 0 Å². The maximum Gasteiger partial charge on any atom is 0.0614 e. The molecule has 3 unspecified atom stereocenters. The Labute approximate surface area is 80.5 Å². The number of terminal acetylenes is 1. The predicted octanol–water partition coefficient (Wildman–Crippen LogP) is 2.20. The predicted molar refractivity (Wildman–Crippen MR) is 53.0 cm³/mol. The maximum atomic E-state index is 10.0. The van der Waals surface area contributed by atoms with Gasteiger partial charge in [0.25, 0.3) is 0 Å². The van der Waals surface area contributed by atoms with Crippen LogP contribution in [0.1, 0.15) is 40.0 Å². The van der Waals surface area contributed by atoms with E-state index in [0.717, 1.165) is 19.3 Å². The van der Waals surface area contributed by atoms with Crippen molar-refractivity contribution < 1.29 is 5.11 Å². The summed E-state index contributed by atoms with van der Waals surface area (Å²) in [6.07, 6.45) is 8.40.